The minimum Gasteiger partial charge on any atom is -0.490 e. The average molecular weight is 328 g/mol. The van der Waals surface area contributed by atoms with E-state index in [1.807, 2.05) is 0 Å². The van der Waals surface area contributed by atoms with Crippen molar-refractivity contribution in [3.05, 3.63) is 18.2 Å². The molecule has 0 amide bonds. The van der Waals surface area contributed by atoms with Crippen LogP contribution in [0, 0.1) is 0 Å². The molecule has 0 N–H and O–H groups in total. The molecule has 1 heterocycles. The second-order valence-electron chi connectivity index (χ2n) is 4.78. The normalized spacial score (nSPS) is 12.2. The van der Waals surface area contributed by atoms with Crippen molar-refractivity contribution < 1.29 is 17.5 Å². The van der Waals surface area contributed by atoms with Gasteiger partial charge in [-0.25, -0.2) is 4.39 Å². The van der Waals surface area contributed by atoms with Crippen LogP contribution in [0.2, 0.25) is 0 Å². The predicted molar refractivity (Wildman–Crippen MR) is 81.5 cm³/mol. The van der Waals surface area contributed by atoms with Gasteiger partial charge in [-0.3, -0.25) is 4.68 Å². The molecule has 1 aromatic heterocycles. The molecule has 0 fully saturated rings. The average Bonchev–Trinajstić information content (AvgIpc) is 2.80. The number of alkyl halides is 1. The molecule has 0 unspecified atom stereocenters. The van der Waals surface area contributed by atoms with Crippen LogP contribution in [0.5, 0.6) is 5.75 Å². The molecule has 2 aromatic rings. The van der Waals surface area contributed by atoms with E-state index < -0.39 is 16.7 Å². The lowest BCUT2D eigenvalue weighted by Gasteiger charge is -2.07. The van der Waals surface area contributed by atoms with Gasteiger partial charge in [0.05, 0.1) is 10.9 Å². The van der Waals surface area contributed by atoms with Gasteiger partial charge in [-0.2, -0.15) is 13.5 Å². The molecule has 0 spiro atoms. The first-order chi connectivity index (χ1) is 10.4. The van der Waals surface area contributed by atoms with E-state index in [-0.39, 0.29) is 17.4 Å². The number of halogens is 1. The van der Waals surface area contributed by atoms with E-state index >= 15 is 0 Å². The molecule has 9 heteroatoms. The largest absolute Gasteiger partial charge is 0.490 e. The third-order valence-corrected chi connectivity index (χ3v) is 4.09. The zero-order valence-corrected chi connectivity index (χ0v) is 13.3. The van der Waals surface area contributed by atoms with E-state index in [1.165, 1.54) is 23.0 Å². The lowest BCUT2D eigenvalue weighted by Crippen LogP contribution is -2.12. The number of hydrogen-bond donors (Lipinski definition) is 0. The number of rotatable bonds is 6. The van der Waals surface area contributed by atoms with Crippen molar-refractivity contribution in [1.29, 1.82) is 0 Å². The van der Waals surface area contributed by atoms with Gasteiger partial charge in [0.2, 0.25) is 0 Å². The number of fused-ring (bicyclic) bond motifs is 1. The van der Waals surface area contributed by atoms with Crippen LogP contribution in [0.15, 0.2) is 27.6 Å². The Kier molecular flexibility index (Phi) is 4.65. The van der Waals surface area contributed by atoms with E-state index in [0.717, 1.165) is 0 Å². The second-order valence-corrected chi connectivity index (χ2v) is 6.32. The highest BCUT2D eigenvalue weighted by Gasteiger charge is 2.25. The first-order valence-corrected chi connectivity index (χ1v) is 7.92. The Morgan fingerprint density at radius 3 is 2.82 bits per heavy atom. The maximum absolute atomic E-state index is 12.4. The summed E-state index contributed by atoms with van der Waals surface area (Å²) >= 11 is 0. The number of aromatic nitrogens is 2. The zero-order valence-electron chi connectivity index (χ0n) is 12.5. The summed E-state index contributed by atoms with van der Waals surface area (Å²) in [5.74, 6) is 0.266. The molecule has 0 atom stereocenters. The van der Waals surface area contributed by atoms with Gasteiger partial charge in [0.25, 0.3) is 0 Å². The molecule has 0 aliphatic heterocycles. The first kappa shape index (κ1) is 16.2. The summed E-state index contributed by atoms with van der Waals surface area (Å²) in [5.41, 5.74) is 0.442. The third kappa shape index (κ3) is 3.19. The maximum Gasteiger partial charge on any atom is 0.301 e. The number of sulfonamides is 1. The Bertz CT molecular complexity index is 799. The molecule has 0 radical (unpaired) electrons. The van der Waals surface area contributed by atoms with Crippen molar-refractivity contribution in [2.75, 3.05) is 27.4 Å². The second kappa shape index (κ2) is 6.30. The summed E-state index contributed by atoms with van der Waals surface area (Å²) in [4.78, 5) is 1.51. The lowest BCUT2D eigenvalue weighted by atomic mass is 10.2. The Labute approximate surface area is 128 Å². The molecule has 0 saturated heterocycles. The Morgan fingerprint density at radius 2 is 2.18 bits per heavy atom. The van der Waals surface area contributed by atoms with Gasteiger partial charge in [0.1, 0.15) is 25.4 Å². The first-order valence-electron chi connectivity index (χ1n) is 6.48. The van der Waals surface area contributed by atoms with Gasteiger partial charge in [-0.15, -0.1) is 4.40 Å². The van der Waals surface area contributed by atoms with Gasteiger partial charge < -0.3 is 9.64 Å². The molecule has 2 rings (SSSR count). The van der Waals surface area contributed by atoms with E-state index in [0.29, 0.717) is 10.9 Å². The summed E-state index contributed by atoms with van der Waals surface area (Å²) in [6, 6.07) is 4.91. The fraction of sp³-hybridized carbons (Fsp3) is 0.385. The minimum absolute atomic E-state index is 0.0879. The molecule has 0 saturated carbocycles. The summed E-state index contributed by atoms with van der Waals surface area (Å²) < 4.78 is 47.4. The fourth-order valence-corrected chi connectivity index (χ4v) is 3.21. The van der Waals surface area contributed by atoms with Crippen LogP contribution in [0.3, 0.4) is 0 Å². The molecule has 0 aliphatic rings. The minimum atomic E-state index is -3.96. The Hall–Kier alpha value is -2.16. The topological polar surface area (TPSA) is 76.8 Å². The van der Waals surface area contributed by atoms with E-state index in [9.17, 15) is 12.8 Å². The maximum atomic E-state index is 12.4. The van der Waals surface area contributed by atoms with Gasteiger partial charge in [-0.1, -0.05) is 6.07 Å². The lowest BCUT2D eigenvalue weighted by molar-refractivity contribution is 0.275. The summed E-state index contributed by atoms with van der Waals surface area (Å²) in [6.07, 6.45) is 1.19. The highest BCUT2D eigenvalue weighted by atomic mass is 32.2. The van der Waals surface area contributed by atoms with E-state index in [2.05, 4.69) is 9.50 Å². The van der Waals surface area contributed by atoms with Crippen LogP contribution >= 0.6 is 0 Å². The van der Waals surface area contributed by atoms with E-state index in [4.69, 9.17) is 4.74 Å². The fourth-order valence-electron chi connectivity index (χ4n) is 1.96. The number of aryl methyl sites for hydroxylation is 1. The molecule has 0 aliphatic carbocycles. The zero-order chi connectivity index (χ0) is 16.3. The summed E-state index contributed by atoms with van der Waals surface area (Å²) in [6.45, 7) is -0.827. The molecular weight excluding hydrogens is 311 g/mol. The summed E-state index contributed by atoms with van der Waals surface area (Å²) in [7, 11) is 0.874. The van der Waals surface area contributed by atoms with Crippen LogP contribution in [-0.2, 0) is 17.1 Å². The van der Waals surface area contributed by atoms with Gasteiger partial charge in [-0.05, 0) is 12.1 Å². The number of nitrogens with zero attached hydrogens (tertiary/aromatic N) is 4. The van der Waals surface area contributed by atoms with E-state index in [1.54, 1.807) is 32.3 Å². The van der Waals surface area contributed by atoms with Crippen LogP contribution in [0.1, 0.15) is 0 Å². The molecule has 120 valence electrons. The van der Waals surface area contributed by atoms with Crippen LogP contribution < -0.4 is 4.74 Å². The number of hydrogen-bond acceptors (Lipinski definition) is 4. The SMILES string of the molecule is CN(C)C=NS(=O)(=O)c1c2c(OCCF)cccc2nn1C. The summed E-state index contributed by atoms with van der Waals surface area (Å²) in [5, 5.41) is 4.36. The van der Waals surface area contributed by atoms with Crippen molar-refractivity contribution >= 4 is 27.3 Å². The Morgan fingerprint density at radius 1 is 1.45 bits per heavy atom. The standard InChI is InChI=1S/C13H17FN4O3S/c1-17(2)9-15-22(19,20)13-12-10(16-18(13)3)5-4-6-11(12)21-8-7-14/h4-6,9H,7-8H2,1-3H3. The molecule has 0 bridgehead atoms. The highest BCUT2D eigenvalue weighted by molar-refractivity contribution is 7.90. The quantitative estimate of drug-likeness (QED) is 0.588. The van der Waals surface area contributed by atoms with Crippen molar-refractivity contribution in [1.82, 2.24) is 14.7 Å². The third-order valence-electron chi connectivity index (χ3n) is 2.77. The van der Waals surface area contributed by atoms with Gasteiger partial charge in [0.15, 0.2) is 5.03 Å². The van der Waals surface area contributed by atoms with Crippen molar-refractivity contribution in [3.8, 4) is 5.75 Å². The number of ether oxygens (including phenoxy) is 1. The smallest absolute Gasteiger partial charge is 0.301 e. The number of benzene rings is 1. The predicted octanol–water partition coefficient (Wildman–Crippen LogP) is 1.20. The highest BCUT2D eigenvalue weighted by Crippen LogP contribution is 2.32. The van der Waals surface area contributed by atoms with Crippen molar-refractivity contribution in [2.24, 2.45) is 11.4 Å². The molecular formula is C13H17FN4O3S. The Balaban J connectivity index is 2.65. The van der Waals surface area contributed by atoms with Crippen LogP contribution in [0.4, 0.5) is 4.39 Å². The van der Waals surface area contributed by atoms with Crippen molar-refractivity contribution in [3.63, 3.8) is 0 Å². The van der Waals surface area contributed by atoms with Gasteiger partial charge in [0, 0.05) is 21.1 Å². The monoisotopic (exact) mass is 328 g/mol. The van der Waals surface area contributed by atoms with Crippen molar-refractivity contribution in [2.45, 2.75) is 5.03 Å². The van der Waals surface area contributed by atoms with Gasteiger partial charge >= 0.3 is 10.0 Å². The van der Waals surface area contributed by atoms with Crippen LogP contribution in [-0.4, -0.2) is 56.8 Å². The molecule has 1 aromatic carbocycles. The molecule has 7 nitrogen and oxygen atoms in total. The molecule has 22 heavy (non-hydrogen) atoms. The van der Waals surface area contributed by atoms with Crippen LogP contribution in [0.25, 0.3) is 10.9 Å².